The van der Waals surface area contributed by atoms with Gasteiger partial charge < -0.3 is 16.4 Å². The normalized spacial score (nSPS) is 13.4. The van der Waals surface area contributed by atoms with Gasteiger partial charge in [-0.05, 0) is 36.7 Å². The summed E-state index contributed by atoms with van der Waals surface area (Å²) in [5.41, 5.74) is 8.43. The van der Waals surface area contributed by atoms with Crippen molar-refractivity contribution < 1.29 is 9.59 Å². The number of thiazole rings is 1. The van der Waals surface area contributed by atoms with Crippen LogP contribution in [0.3, 0.4) is 0 Å². The molecular weight excluding hydrogens is 300 g/mol. The molecule has 0 fully saturated rings. The second-order valence-corrected chi connectivity index (χ2v) is 5.98. The first kappa shape index (κ1) is 14.7. The van der Waals surface area contributed by atoms with Crippen molar-refractivity contribution >= 4 is 34.5 Å². The number of nitrogens with one attached hydrogen (secondary N) is 2. The van der Waals surface area contributed by atoms with Crippen molar-refractivity contribution in [2.45, 2.75) is 19.3 Å². The molecule has 0 saturated carbocycles. The average molecular weight is 316 g/mol. The number of hydrogen-bond donors (Lipinski definition) is 3. The Morgan fingerprint density at radius 3 is 3.09 bits per heavy atom. The van der Waals surface area contributed by atoms with Gasteiger partial charge in [0.25, 0.3) is 5.91 Å². The van der Waals surface area contributed by atoms with Gasteiger partial charge in [0.2, 0.25) is 5.91 Å². The zero-order valence-corrected chi connectivity index (χ0v) is 12.7. The van der Waals surface area contributed by atoms with E-state index >= 15 is 0 Å². The van der Waals surface area contributed by atoms with E-state index in [-0.39, 0.29) is 11.8 Å². The van der Waals surface area contributed by atoms with Crippen molar-refractivity contribution in [1.82, 2.24) is 4.98 Å². The van der Waals surface area contributed by atoms with Crippen LogP contribution in [0.5, 0.6) is 0 Å². The molecule has 0 spiro atoms. The molecule has 3 rings (SSSR count). The highest BCUT2D eigenvalue weighted by atomic mass is 32.1. The van der Waals surface area contributed by atoms with E-state index in [4.69, 9.17) is 5.73 Å². The lowest BCUT2D eigenvalue weighted by atomic mass is 10.0. The Hall–Kier alpha value is -2.25. The summed E-state index contributed by atoms with van der Waals surface area (Å²) >= 11 is 1.44. The van der Waals surface area contributed by atoms with Crippen LogP contribution in [-0.2, 0) is 17.6 Å². The summed E-state index contributed by atoms with van der Waals surface area (Å²) in [6.07, 6.45) is 1.83. The van der Waals surface area contributed by atoms with Crippen LogP contribution >= 0.6 is 11.3 Å². The number of rotatable bonds is 4. The van der Waals surface area contributed by atoms with Gasteiger partial charge in [0.05, 0.1) is 5.01 Å². The number of hydrogen-bond acceptors (Lipinski definition) is 5. The molecule has 0 atom stereocenters. The Balaban J connectivity index is 1.72. The highest BCUT2D eigenvalue weighted by molar-refractivity contribution is 7.09. The number of anilines is 2. The van der Waals surface area contributed by atoms with Crippen molar-refractivity contribution in [2.75, 3.05) is 17.2 Å². The predicted octanol–water partition coefficient (Wildman–Crippen LogP) is 1.78. The smallest absolute Gasteiger partial charge is 0.275 e. The highest BCUT2D eigenvalue weighted by Gasteiger charge is 2.16. The van der Waals surface area contributed by atoms with Crippen molar-refractivity contribution in [1.29, 1.82) is 0 Å². The van der Waals surface area contributed by atoms with Crippen LogP contribution in [0.4, 0.5) is 11.4 Å². The van der Waals surface area contributed by atoms with Crippen molar-refractivity contribution in [3.8, 4) is 0 Å². The first-order valence-electron chi connectivity index (χ1n) is 7.04. The predicted molar refractivity (Wildman–Crippen MR) is 86.2 cm³/mol. The lowest BCUT2D eigenvalue weighted by molar-refractivity contribution is -0.116. The summed E-state index contributed by atoms with van der Waals surface area (Å²) < 4.78 is 0. The van der Waals surface area contributed by atoms with E-state index in [9.17, 15) is 9.59 Å². The SMILES string of the molecule is NCCc1nc(C(=O)Nc2ccc3c(c2)CCC(=O)N3)cs1. The van der Waals surface area contributed by atoms with Crippen molar-refractivity contribution in [2.24, 2.45) is 5.73 Å². The number of nitrogens with zero attached hydrogens (tertiary/aromatic N) is 1. The van der Waals surface area contributed by atoms with E-state index in [2.05, 4.69) is 15.6 Å². The van der Waals surface area contributed by atoms with Gasteiger partial charge in [-0.15, -0.1) is 11.3 Å². The third kappa shape index (κ3) is 3.15. The fourth-order valence-corrected chi connectivity index (χ4v) is 3.10. The monoisotopic (exact) mass is 316 g/mol. The molecule has 7 heteroatoms. The molecule has 0 unspecified atom stereocenters. The largest absolute Gasteiger partial charge is 0.330 e. The molecule has 1 aliphatic rings. The number of nitrogens with two attached hydrogens (primary N) is 1. The molecule has 0 saturated heterocycles. The second-order valence-electron chi connectivity index (χ2n) is 5.04. The van der Waals surface area contributed by atoms with Crippen LogP contribution in [0.15, 0.2) is 23.6 Å². The maximum Gasteiger partial charge on any atom is 0.275 e. The number of carbonyl (C=O) groups is 2. The van der Waals surface area contributed by atoms with Gasteiger partial charge >= 0.3 is 0 Å². The number of carbonyl (C=O) groups excluding carboxylic acids is 2. The van der Waals surface area contributed by atoms with Crippen LogP contribution in [-0.4, -0.2) is 23.3 Å². The Morgan fingerprint density at radius 2 is 2.27 bits per heavy atom. The highest BCUT2D eigenvalue weighted by Crippen LogP contribution is 2.26. The molecule has 6 nitrogen and oxygen atoms in total. The molecule has 2 amide bonds. The molecule has 2 heterocycles. The van der Waals surface area contributed by atoms with E-state index in [0.717, 1.165) is 16.3 Å². The van der Waals surface area contributed by atoms with Gasteiger partial charge in [0.1, 0.15) is 5.69 Å². The minimum atomic E-state index is -0.237. The Morgan fingerprint density at radius 1 is 1.41 bits per heavy atom. The van der Waals surface area contributed by atoms with Crippen LogP contribution in [0.1, 0.15) is 27.5 Å². The van der Waals surface area contributed by atoms with E-state index < -0.39 is 0 Å². The molecule has 0 aliphatic carbocycles. The number of aryl methyl sites for hydroxylation is 1. The number of benzene rings is 1. The Kier molecular flexibility index (Phi) is 4.17. The Labute approximate surface area is 131 Å². The van der Waals surface area contributed by atoms with Gasteiger partial charge in [-0.2, -0.15) is 0 Å². The Bertz CT molecular complexity index is 726. The lowest BCUT2D eigenvalue weighted by Crippen LogP contribution is -2.19. The number of aromatic nitrogens is 1. The minimum absolute atomic E-state index is 0.0270. The number of fused-ring (bicyclic) bond motifs is 1. The fraction of sp³-hybridized carbons (Fsp3) is 0.267. The van der Waals surface area contributed by atoms with Gasteiger partial charge in [-0.3, -0.25) is 9.59 Å². The van der Waals surface area contributed by atoms with E-state index in [1.165, 1.54) is 11.3 Å². The fourth-order valence-electron chi connectivity index (χ4n) is 2.31. The third-order valence-electron chi connectivity index (χ3n) is 3.40. The van der Waals surface area contributed by atoms with Crippen LogP contribution in [0, 0.1) is 0 Å². The molecule has 22 heavy (non-hydrogen) atoms. The molecule has 1 aliphatic heterocycles. The molecule has 1 aromatic heterocycles. The summed E-state index contributed by atoms with van der Waals surface area (Å²) in [6, 6.07) is 5.47. The quantitative estimate of drug-likeness (QED) is 0.801. The summed E-state index contributed by atoms with van der Waals surface area (Å²) in [7, 11) is 0. The van der Waals surface area contributed by atoms with Crippen molar-refractivity contribution in [3.63, 3.8) is 0 Å². The minimum Gasteiger partial charge on any atom is -0.330 e. The van der Waals surface area contributed by atoms with Crippen LogP contribution in [0.25, 0.3) is 0 Å². The summed E-state index contributed by atoms with van der Waals surface area (Å²) in [5, 5.41) is 8.25. The van der Waals surface area contributed by atoms with Gasteiger partial charge in [0, 0.05) is 29.6 Å². The second kappa shape index (κ2) is 6.25. The maximum absolute atomic E-state index is 12.2. The van der Waals surface area contributed by atoms with Gasteiger partial charge in [-0.25, -0.2) is 4.98 Å². The van der Waals surface area contributed by atoms with E-state index in [1.807, 2.05) is 12.1 Å². The molecular formula is C15H16N4O2S. The molecule has 1 aromatic carbocycles. The van der Waals surface area contributed by atoms with Crippen LogP contribution in [0.2, 0.25) is 0 Å². The average Bonchev–Trinajstić information content (AvgIpc) is 2.96. The van der Waals surface area contributed by atoms with E-state index in [0.29, 0.717) is 37.2 Å². The lowest BCUT2D eigenvalue weighted by Gasteiger charge is -2.17. The van der Waals surface area contributed by atoms with Gasteiger partial charge in [0.15, 0.2) is 0 Å². The zero-order valence-electron chi connectivity index (χ0n) is 11.9. The summed E-state index contributed by atoms with van der Waals surface area (Å²) in [5.74, 6) is -0.210. The molecule has 2 aromatic rings. The molecule has 0 bridgehead atoms. The topological polar surface area (TPSA) is 97.1 Å². The van der Waals surface area contributed by atoms with E-state index in [1.54, 1.807) is 11.4 Å². The standard InChI is InChI=1S/C15H16N4O2S/c16-6-5-14-19-12(8-22-14)15(21)17-10-2-3-11-9(7-10)1-4-13(20)18-11/h2-3,7-8H,1,4-6,16H2,(H,17,21)(H,18,20). The first-order valence-corrected chi connectivity index (χ1v) is 7.92. The van der Waals surface area contributed by atoms with Crippen LogP contribution < -0.4 is 16.4 Å². The zero-order chi connectivity index (χ0) is 15.5. The maximum atomic E-state index is 12.2. The number of amides is 2. The van der Waals surface area contributed by atoms with Crippen molar-refractivity contribution in [3.05, 3.63) is 39.8 Å². The molecule has 0 radical (unpaired) electrons. The van der Waals surface area contributed by atoms with Gasteiger partial charge in [-0.1, -0.05) is 0 Å². The summed E-state index contributed by atoms with van der Waals surface area (Å²) in [4.78, 5) is 27.8. The first-order chi connectivity index (χ1) is 10.7. The third-order valence-corrected chi connectivity index (χ3v) is 4.31. The molecule has 114 valence electrons. The summed E-state index contributed by atoms with van der Waals surface area (Å²) in [6.45, 7) is 0.519. The molecule has 4 N–H and O–H groups in total.